The van der Waals surface area contributed by atoms with Crippen molar-refractivity contribution in [2.24, 2.45) is 5.92 Å². The van der Waals surface area contributed by atoms with Crippen molar-refractivity contribution < 1.29 is 24.5 Å². The van der Waals surface area contributed by atoms with Crippen LogP contribution in [0.5, 0.6) is 0 Å². The van der Waals surface area contributed by atoms with Crippen LogP contribution < -0.4 is 5.32 Å². The Balaban J connectivity index is 2.43. The number of carboxylic acid groups (broad SMARTS) is 1. The average molecular weight is 365 g/mol. The molecule has 1 aromatic carbocycles. The van der Waals surface area contributed by atoms with Crippen molar-refractivity contribution in [2.45, 2.75) is 71.1 Å². The van der Waals surface area contributed by atoms with Gasteiger partial charge in [-0.05, 0) is 51.0 Å². The molecule has 146 valence electrons. The van der Waals surface area contributed by atoms with Gasteiger partial charge in [0.2, 0.25) is 0 Å². The molecule has 0 aliphatic heterocycles. The third kappa shape index (κ3) is 7.87. The van der Waals surface area contributed by atoms with Crippen LogP contribution in [0.15, 0.2) is 30.3 Å². The molecule has 0 spiro atoms. The molecule has 0 unspecified atom stereocenters. The van der Waals surface area contributed by atoms with Gasteiger partial charge in [-0.15, -0.1) is 0 Å². The molecule has 6 heteroatoms. The fraction of sp³-hybridized carbons (Fsp3) is 0.600. The minimum atomic E-state index is -1.39. The van der Waals surface area contributed by atoms with Gasteiger partial charge >= 0.3 is 12.1 Å². The van der Waals surface area contributed by atoms with Crippen LogP contribution in [0.3, 0.4) is 0 Å². The van der Waals surface area contributed by atoms with Crippen LogP contribution in [-0.2, 0) is 16.0 Å². The van der Waals surface area contributed by atoms with E-state index in [1.165, 1.54) is 5.56 Å². The zero-order valence-electron chi connectivity index (χ0n) is 16.1. The lowest BCUT2D eigenvalue weighted by Crippen LogP contribution is -2.52. The van der Waals surface area contributed by atoms with E-state index < -0.39 is 29.8 Å². The third-order valence-corrected chi connectivity index (χ3v) is 4.27. The van der Waals surface area contributed by atoms with Crippen LogP contribution in [0.1, 0.15) is 52.5 Å². The predicted octanol–water partition coefficient (Wildman–Crippen LogP) is 3.37. The van der Waals surface area contributed by atoms with Gasteiger partial charge in [0.05, 0.1) is 6.10 Å². The molecule has 0 fully saturated rings. The number of ether oxygens (including phenoxy) is 1. The standard InChI is InChI=1S/C20H31NO5/c1-14(2)17(22)16(18(23)24)21-19(25)26-20(3,4)13-9-8-12-15-10-6-5-7-11-15/h5-7,10-11,14,16-17,22H,8-9,12-13H2,1-4H3,(H,21,25)(H,23,24)/t16-,17+/m1/s1. The second kappa shape index (κ2) is 10.2. The van der Waals surface area contributed by atoms with Gasteiger partial charge < -0.3 is 20.3 Å². The highest BCUT2D eigenvalue weighted by atomic mass is 16.6. The van der Waals surface area contributed by atoms with E-state index in [9.17, 15) is 19.8 Å². The molecule has 26 heavy (non-hydrogen) atoms. The highest BCUT2D eigenvalue weighted by Gasteiger charge is 2.32. The molecular formula is C20H31NO5. The second-order valence-electron chi connectivity index (χ2n) is 7.54. The molecule has 2 atom stereocenters. The molecule has 0 radical (unpaired) electrons. The predicted molar refractivity (Wildman–Crippen MR) is 100.0 cm³/mol. The van der Waals surface area contributed by atoms with Gasteiger partial charge in [-0.2, -0.15) is 0 Å². The summed E-state index contributed by atoms with van der Waals surface area (Å²) < 4.78 is 5.38. The van der Waals surface area contributed by atoms with Crippen molar-refractivity contribution in [3.8, 4) is 0 Å². The van der Waals surface area contributed by atoms with E-state index in [1.807, 2.05) is 18.2 Å². The molecule has 1 amide bonds. The molecule has 1 rings (SSSR count). The fourth-order valence-electron chi connectivity index (χ4n) is 2.66. The lowest BCUT2D eigenvalue weighted by atomic mass is 9.98. The Morgan fingerprint density at radius 1 is 1.15 bits per heavy atom. The normalized spacial score (nSPS) is 13.9. The molecule has 3 N–H and O–H groups in total. The highest BCUT2D eigenvalue weighted by molar-refractivity contribution is 5.80. The molecule has 0 aliphatic rings. The fourth-order valence-corrected chi connectivity index (χ4v) is 2.66. The van der Waals surface area contributed by atoms with Crippen LogP contribution >= 0.6 is 0 Å². The lowest BCUT2D eigenvalue weighted by molar-refractivity contribution is -0.143. The number of rotatable bonds is 10. The summed E-state index contributed by atoms with van der Waals surface area (Å²) in [6.45, 7) is 6.96. The first-order valence-corrected chi connectivity index (χ1v) is 9.06. The Morgan fingerprint density at radius 3 is 2.31 bits per heavy atom. The number of carboxylic acids is 1. The molecule has 0 saturated heterocycles. The van der Waals surface area contributed by atoms with Gasteiger partial charge in [-0.3, -0.25) is 0 Å². The number of carbonyl (C=O) groups is 2. The van der Waals surface area contributed by atoms with Crippen molar-refractivity contribution in [3.63, 3.8) is 0 Å². The minimum absolute atomic E-state index is 0.303. The summed E-state index contributed by atoms with van der Waals surface area (Å²) in [7, 11) is 0. The number of aryl methyl sites for hydroxylation is 1. The lowest BCUT2D eigenvalue weighted by Gasteiger charge is -2.28. The maximum atomic E-state index is 12.0. The summed E-state index contributed by atoms with van der Waals surface area (Å²) in [5.74, 6) is -1.59. The number of amides is 1. The summed E-state index contributed by atoms with van der Waals surface area (Å²) in [5, 5.41) is 21.4. The largest absolute Gasteiger partial charge is 0.480 e. The monoisotopic (exact) mass is 365 g/mol. The number of aliphatic carboxylic acids is 1. The Hall–Kier alpha value is -2.08. The number of nitrogens with one attached hydrogen (secondary N) is 1. The maximum absolute atomic E-state index is 12.0. The quantitative estimate of drug-likeness (QED) is 0.553. The third-order valence-electron chi connectivity index (χ3n) is 4.27. The zero-order valence-corrected chi connectivity index (χ0v) is 16.1. The van der Waals surface area contributed by atoms with Gasteiger partial charge in [-0.25, -0.2) is 9.59 Å². The van der Waals surface area contributed by atoms with Crippen molar-refractivity contribution in [1.29, 1.82) is 0 Å². The summed E-state index contributed by atoms with van der Waals surface area (Å²) >= 11 is 0. The molecule has 0 heterocycles. The minimum Gasteiger partial charge on any atom is -0.480 e. The number of carbonyl (C=O) groups excluding carboxylic acids is 1. The Kier molecular flexibility index (Phi) is 8.58. The van der Waals surface area contributed by atoms with Gasteiger partial charge in [0.15, 0.2) is 6.04 Å². The highest BCUT2D eigenvalue weighted by Crippen LogP contribution is 2.19. The van der Waals surface area contributed by atoms with Gasteiger partial charge in [0, 0.05) is 0 Å². The first kappa shape index (κ1) is 22.0. The van der Waals surface area contributed by atoms with E-state index in [0.29, 0.717) is 6.42 Å². The van der Waals surface area contributed by atoms with Gasteiger partial charge in [0.25, 0.3) is 0 Å². The smallest absolute Gasteiger partial charge is 0.408 e. The Bertz CT molecular complexity index is 571. The molecule has 0 saturated carbocycles. The van der Waals surface area contributed by atoms with E-state index in [0.717, 1.165) is 19.3 Å². The number of aliphatic hydroxyl groups is 1. The summed E-state index contributed by atoms with van der Waals surface area (Å²) in [4.78, 5) is 23.3. The van der Waals surface area contributed by atoms with Crippen molar-refractivity contribution in [3.05, 3.63) is 35.9 Å². The molecule has 0 aromatic heterocycles. The number of hydrogen-bond donors (Lipinski definition) is 3. The number of unbranched alkanes of at least 4 members (excludes halogenated alkanes) is 1. The zero-order chi connectivity index (χ0) is 19.7. The molecule has 1 aromatic rings. The van der Waals surface area contributed by atoms with Crippen LogP contribution in [0.25, 0.3) is 0 Å². The van der Waals surface area contributed by atoms with Crippen LogP contribution in [-0.4, -0.2) is 40.0 Å². The van der Waals surface area contributed by atoms with E-state index >= 15 is 0 Å². The first-order chi connectivity index (χ1) is 12.1. The summed E-state index contributed by atoms with van der Waals surface area (Å²) in [5.41, 5.74) is 0.558. The Labute approximate surface area is 155 Å². The molecule has 0 aliphatic carbocycles. The second-order valence-corrected chi connectivity index (χ2v) is 7.54. The summed E-state index contributed by atoms with van der Waals surface area (Å²) in [6, 6.07) is 8.78. The SMILES string of the molecule is CC(C)[C@H](O)[C@@H](NC(=O)OC(C)(C)CCCCc1ccccc1)C(=O)O. The van der Waals surface area contributed by atoms with Crippen LogP contribution in [0.2, 0.25) is 0 Å². The first-order valence-electron chi connectivity index (χ1n) is 9.06. The van der Waals surface area contributed by atoms with Crippen molar-refractivity contribution in [1.82, 2.24) is 5.32 Å². The molecule has 6 nitrogen and oxygen atoms in total. The van der Waals surface area contributed by atoms with Crippen LogP contribution in [0, 0.1) is 5.92 Å². The summed E-state index contributed by atoms with van der Waals surface area (Å²) in [6.07, 6.45) is 1.47. The number of hydrogen-bond acceptors (Lipinski definition) is 4. The van der Waals surface area contributed by atoms with E-state index in [1.54, 1.807) is 27.7 Å². The van der Waals surface area contributed by atoms with Crippen LogP contribution in [0.4, 0.5) is 4.79 Å². The number of alkyl carbamates (subject to hydrolysis) is 1. The van der Waals surface area contributed by atoms with Gasteiger partial charge in [0.1, 0.15) is 5.60 Å². The number of benzene rings is 1. The van der Waals surface area contributed by atoms with E-state index in [4.69, 9.17) is 4.74 Å². The number of aliphatic hydroxyl groups excluding tert-OH is 1. The average Bonchev–Trinajstić information content (AvgIpc) is 2.56. The van der Waals surface area contributed by atoms with Crippen molar-refractivity contribution >= 4 is 12.1 Å². The van der Waals surface area contributed by atoms with E-state index in [2.05, 4.69) is 17.4 Å². The van der Waals surface area contributed by atoms with E-state index in [-0.39, 0.29) is 5.92 Å². The Morgan fingerprint density at radius 2 is 1.77 bits per heavy atom. The molecule has 0 bridgehead atoms. The topological polar surface area (TPSA) is 95.9 Å². The molecular weight excluding hydrogens is 334 g/mol. The maximum Gasteiger partial charge on any atom is 0.408 e. The van der Waals surface area contributed by atoms with Gasteiger partial charge in [-0.1, -0.05) is 44.2 Å². The van der Waals surface area contributed by atoms with Crippen molar-refractivity contribution in [2.75, 3.05) is 0 Å².